The quantitative estimate of drug-likeness (QED) is 0.444. The zero-order valence-corrected chi connectivity index (χ0v) is 20.4. The molecule has 1 atom stereocenters. The summed E-state index contributed by atoms with van der Waals surface area (Å²) in [5.74, 6) is 1.13. The Morgan fingerprint density at radius 2 is 2.05 bits per heavy atom. The number of aromatic nitrogens is 2. The average molecular weight is 501 g/mol. The highest BCUT2D eigenvalue weighted by Crippen LogP contribution is 2.34. The van der Waals surface area contributed by atoms with E-state index in [-0.39, 0.29) is 18.2 Å². The van der Waals surface area contributed by atoms with E-state index >= 15 is 0 Å². The highest BCUT2D eigenvalue weighted by Gasteiger charge is 2.26. The van der Waals surface area contributed by atoms with Crippen LogP contribution in [0.25, 0.3) is 22.3 Å². The van der Waals surface area contributed by atoms with Crippen LogP contribution in [-0.4, -0.2) is 47.4 Å². The number of alkyl carbamates (subject to hydrolysis) is 1. The first-order chi connectivity index (χ1) is 18.1. The number of nitrogens with one attached hydrogen (secondary N) is 1. The molecular weight excluding hydrogens is 471 g/mol. The van der Waals surface area contributed by atoms with Gasteiger partial charge in [0, 0.05) is 25.0 Å². The molecule has 0 radical (unpaired) electrons. The number of hydrogen-bond acceptors (Lipinski definition) is 6. The zero-order chi connectivity index (χ0) is 25.6. The number of amides is 1. The van der Waals surface area contributed by atoms with E-state index in [0.717, 1.165) is 37.9 Å². The third kappa shape index (κ3) is 5.97. The molecule has 37 heavy (non-hydrogen) atoms. The normalized spacial score (nSPS) is 17.1. The summed E-state index contributed by atoms with van der Waals surface area (Å²) < 4.78 is 19.5. The second kappa shape index (κ2) is 11.2. The van der Waals surface area contributed by atoms with E-state index in [1.165, 1.54) is 12.1 Å². The molecule has 1 unspecified atom stereocenters. The molecule has 0 saturated carbocycles. The van der Waals surface area contributed by atoms with Gasteiger partial charge in [-0.15, -0.1) is 0 Å². The second-order valence-corrected chi connectivity index (χ2v) is 9.28. The summed E-state index contributed by atoms with van der Waals surface area (Å²) in [6, 6.07) is 11.4. The highest BCUT2D eigenvalue weighted by molar-refractivity contribution is 5.91. The molecule has 190 valence electrons. The first-order valence-electron chi connectivity index (χ1n) is 12.5. The molecule has 2 N–H and O–H groups in total. The summed E-state index contributed by atoms with van der Waals surface area (Å²) in [6.07, 6.45) is 11.9. The molecule has 1 amide bonds. The Morgan fingerprint density at radius 1 is 1.16 bits per heavy atom. The molecule has 1 saturated heterocycles. The molecule has 3 aromatic rings. The van der Waals surface area contributed by atoms with Gasteiger partial charge in [0.15, 0.2) is 5.82 Å². The molecular formula is C29H29FN4O3. The Morgan fingerprint density at radius 3 is 2.95 bits per heavy atom. The molecule has 2 aliphatic rings. The largest absolute Gasteiger partial charge is 0.507 e. The Kier molecular flexibility index (Phi) is 7.44. The summed E-state index contributed by atoms with van der Waals surface area (Å²) in [5, 5.41) is 13.8. The van der Waals surface area contributed by atoms with Crippen LogP contribution in [0, 0.1) is 11.7 Å². The van der Waals surface area contributed by atoms with Gasteiger partial charge in [-0.25, -0.2) is 19.2 Å². The Hall–Kier alpha value is -4.20. The number of anilines is 1. The maximum atomic E-state index is 14.1. The van der Waals surface area contributed by atoms with Gasteiger partial charge in [0.2, 0.25) is 0 Å². The average Bonchev–Trinajstić information content (AvgIpc) is 3.21. The molecule has 7 nitrogen and oxygen atoms in total. The van der Waals surface area contributed by atoms with Crippen molar-refractivity contribution in [2.75, 3.05) is 31.1 Å². The second-order valence-electron chi connectivity index (χ2n) is 9.28. The van der Waals surface area contributed by atoms with Crippen molar-refractivity contribution in [1.29, 1.82) is 0 Å². The topological polar surface area (TPSA) is 87.6 Å². The van der Waals surface area contributed by atoms with Crippen LogP contribution in [0.5, 0.6) is 5.75 Å². The first kappa shape index (κ1) is 24.5. The summed E-state index contributed by atoms with van der Waals surface area (Å²) >= 11 is 0. The van der Waals surface area contributed by atoms with E-state index in [1.807, 2.05) is 36.4 Å². The number of ether oxygens (including phenoxy) is 1. The van der Waals surface area contributed by atoms with Crippen LogP contribution in [0.2, 0.25) is 0 Å². The molecule has 1 fully saturated rings. The number of phenols is 1. The molecule has 2 heterocycles. The van der Waals surface area contributed by atoms with Crippen molar-refractivity contribution in [1.82, 2.24) is 15.3 Å². The van der Waals surface area contributed by atoms with Crippen LogP contribution < -0.4 is 10.2 Å². The van der Waals surface area contributed by atoms with Gasteiger partial charge >= 0.3 is 6.09 Å². The number of fused-ring (bicyclic) bond motifs is 1. The van der Waals surface area contributed by atoms with Gasteiger partial charge in [-0.3, -0.25) is 0 Å². The summed E-state index contributed by atoms with van der Waals surface area (Å²) in [4.78, 5) is 23.6. The Bertz CT molecular complexity index is 1380. The molecule has 0 bridgehead atoms. The van der Waals surface area contributed by atoms with Gasteiger partial charge in [0.05, 0.1) is 11.1 Å². The van der Waals surface area contributed by atoms with Gasteiger partial charge in [0.1, 0.15) is 24.0 Å². The monoisotopic (exact) mass is 500 g/mol. The lowest BCUT2D eigenvalue weighted by molar-refractivity contribution is 0.154. The van der Waals surface area contributed by atoms with Crippen LogP contribution in [0.1, 0.15) is 19.3 Å². The zero-order valence-electron chi connectivity index (χ0n) is 20.4. The van der Waals surface area contributed by atoms with Crippen molar-refractivity contribution in [3.8, 4) is 17.1 Å². The molecule has 2 aromatic carbocycles. The molecule has 5 rings (SSSR count). The smallest absolute Gasteiger partial charge is 0.407 e. The van der Waals surface area contributed by atoms with Gasteiger partial charge in [-0.1, -0.05) is 42.5 Å². The number of rotatable bonds is 7. The Labute approximate surface area is 215 Å². The lowest BCUT2D eigenvalue weighted by Gasteiger charge is -2.20. The number of carbonyl (C=O) groups is 1. The first-order valence-corrected chi connectivity index (χ1v) is 12.5. The maximum absolute atomic E-state index is 14.1. The SMILES string of the molecule is O=C(NCCC1CCN(c2nc(-c3ccccc3O)nc3ccc(F)cc23)C1)OCC1=CC=CC=CC1. The number of nitrogens with zero attached hydrogens (tertiary/aromatic N) is 3. The number of halogens is 1. The lowest BCUT2D eigenvalue weighted by Crippen LogP contribution is -2.28. The van der Waals surface area contributed by atoms with Gasteiger partial charge in [0.25, 0.3) is 0 Å². The number of hydrogen-bond donors (Lipinski definition) is 2. The fraction of sp³-hybridized carbons (Fsp3) is 0.276. The predicted octanol–water partition coefficient (Wildman–Crippen LogP) is 5.53. The van der Waals surface area contributed by atoms with Crippen molar-refractivity contribution in [3.05, 3.63) is 84.2 Å². The minimum absolute atomic E-state index is 0.0930. The van der Waals surface area contributed by atoms with Crippen molar-refractivity contribution >= 4 is 22.8 Å². The van der Waals surface area contributed by atoms with Gasteiger partial charge in [-0.2, -0.15) is 0 Å². The van der Waals surface area contributed by atoms with E-state index in [4.69, 9.17) is 9.72 Å². The highest BCUT2D eigenvalue weighted by atomic mass is 19.1. The summed E-state index contributed by atoms with van der Waals surface area (Å²) in [5.41, 5.74) is 2.19. The van der Waals surface area contributed by atoms with Crippen LogP contribution in [0.4, 0.5) is 15.0 Å². The fourth-order valence-electron chi connectivity index (χ4n) is 4.69. The number of allylic oxidation sites excluding steroid dienone is 5. The Balaban J connectivity index is 1.22. The van der Waals surface area contributed by atoms with Crippen molar-refractivity contribution in [2.45, 2.75) is 19.3 Å². The van der Waals surface area contributed by atoms with Crippen LogP contribution >= 0.6 is 0 Å². The van der Waals surface area contributed by atoms with Crippen molar-refractivity contribution < 1.29 is 19.0 Å². The number of aromatic hydroxyl groups is 1. The number of carbonyl (C=O) groups excluding carboxylic acids is 1. The fourth-order valence-corrected chi connectivity index (χ4v) is 4.69. The summed E-state index contributed by atoms with van der Waals surface area (Å²) in [7, 11) is 0. The number of para-hydroxylation sites is 1. The third-order valence-corrected chi connectivity index (χ3v) is 6.65. The van der Waals surface area contributed by atoms with E-state index in [2.05, 4.69) is 15.2 Å². The van der Waals surface area contributed by atoms with Gasteiger partial charge in [-0.05, 0) is 61.1 Å². The number of phenolic OH excluding ortho intramolecular Hbond substituents is 1. The van der Waals surface area contributed by atoms with Crippen molar-refractivity contribution in [3.63, 3.8) is 0 Å². The van der Waals surface area contributed by atoms with Crippen LogP contribution in [0.3, 0.4) is 0 Å². The molecule has 0 spiro atoms. The van der Waals surface area contributed by atoms with Crippen molar-refractivity contribution in [2.24, 2.45) is 5.92 Å². The van der Waals surface area contributed by atoms with Crippen LogP contribution in [-0.2, 0) is 4.74 Å². The van der Waals surface area contributed by atoms with E-state index < -0.39 is 6.09 Å². The molecule has 8 heteroatoms. The minimum atomic E-state index is -0.419. The van der Waals surface area contributed by atoms with E-state index in [0.29, 0.717) is 40.6 Å². The number of benzene rings is 2. The maximum Gasteiger partial charge on any atom is 0.407 e. The van der Waals surface area contributed by atoms with Crippen LogP contribution in [0.15, 0.2) is 78.4 Å². The van der Waals surface area contributed by atoms with E-state index in [1.54, 1.807) is 24.3 Å². The van der Waals surface area contributed by atoms with Gasteiger partial charge < -0.3 is 20.1 Å². The lowest BCUT2D eigenvalue weighted by atomic mass is 10.1. The molecule has 1 aliphatic carbocycles. The molecule has 1 aromatic heterocycles. The minimum Gasteiger partial charge on any atom is -0.507 e. The standard InChI is InChI=1S/C29H29FN4O3/c30-22-11-12-25-24(17-22)28(33-27(32-25)23-9-5-6-10-26(23)35)34-16-14-20(18-34)13-15-31-29(36)37-19-21-7-3-1-2-4-8-21/h1-7,9-12,17,20,35H,8,13-16,18-19H2,(H,31,36). The summed E-state index contributed by atoms with van der Waals surface area (Å²) in [6.45, 7) is 2.27. The third-order valence-electron chi connectivity index (χ3n) is 6.65. The molecule has 1 aliphatic heterocycles. The predicted molar refractivity (Wildman–Crippen MR) is 142 cm³/mol. The van der Waals surface area contributed by atoms with E-state index in [9.17, 15) is 14.3 Å².